The number of furan rings is 1. The van der Waals surface area contributed by atoms with Gasteiger partial charge in [-0.15, -0.1) is 0 Å². The van der Waals surface area contributed by atoms with E-state index in [1.165, 1.54) is 6.07 Å². The van der Waals surface area contributed by atoms with Crippen LogP contribution < -0.4 is 9.47 Å². The van der Waals surface area contributed by atoms with Crippen LogP contribution in [0.3, 0.4) is 0 Å². The summed E-state index contributed by atoms with van der Waals surface area (Å²) in [5.41, 5.74) is 1.24. The van der Waals surface area contributed by atoms with E-state index in [0.29, 0.717) is 27.6 Å². The number of esters is 1. The number of nitrogens with zero attached hydrogens (tertiary/aromatic N) is 1. The van der Waals surface area contributed by atoms with Gasteiger partial charge in [0, 0.05) is 11.6 Å². The van der Waals surface area contributed by atoms with Crippen molar-refractivity contribution in [2.75, 3.05) is 14.2 Å². The Labute approximate surface area is 151 Å². The Morgan fingerprint density at radius 2 is 1.92 bits per heavy atom. The average molecular weight is 408 g/mol. The average Bonchev–Trinajstić information content (AvgIpc) is 3.28. The lowest BCUT2D eigenvalue weighted by molar-refractivity contribution is 0.0426. The van der Waals surface area contributed by atoms with E-state index < -0.39 is 5.97 Å². The molecule has 2 aromatic heterocycles. The molecule has 1 aromatic carbocycles. The molecule has 0 atom stereocenters. The fourth-order valence-electron chi connectivity index (χ4n) is 2.14. The molecule has 0 saturated carbocycles. The maximum atomic E-state index is 11.8. The van der Waals surface area contributed by atoms with Crippen LogP contribution in [0.2, 0.25) is 0 Å². The molecule has 0 aliphatic heterocycles. The molecule has 0 amide bonds. The smallest absolute Gasteiger partial charge is 0.374 e. The molecular formula is C17H14BrNO6. The Morgan fingerprint density at radius 3 is 2.60 bits per heavy atom. The maximum Gasteiger partial charge on any atom is 0.374 e. The summed E-state index contributed by atoms with van der Waals surface area (Å²) in [7, 11) is 3.12. The monoisotopic (exact) mass is 407 g/mol. The molecule has 0 fully saturated rings. The molecular weight excluding hydrogens is 394 g/mol. The van der Waals surface area contributed by atoms with Gasteiger partial charge in [0.2, 0.25) is 5.76 Å². The molecule has 0 unspecified atom stereocenters. The van der Waals surface area contributed by atoms with Crippen molar-refractivity contribution in [2.45, 2.75) is 6.61 Å². The van der Waals surface area contributed by atoms with Crippen molar-refractivity contribution in [1.29, 1.82) is 0 Å². The molecule has 2 heterocycles. The Kier molecular flexibility index (Phi) is 5.08. The number of aromatic nitrogens is 1. The van der Waals surface area contributed by atoms with Gasteiger partial charge in [0.05, 0.1) is 14.2 Å². The molecule has 0 aliphatic carbocycles. The highest BCUT2D eigenvalue weighted by molar-refractivity contribution is 9.10. The van der Waals surface area contributed by atoms with Gasteiger partial charge in [0.1, 0.15) is 12.3 Å². The van der Waals surface area contributed by atoms with Crippen LogP contribution in [0.4, 0.5) is 0 Å². The Morgan fingerprint density at radius 1 is 1.12 bits per heavy atom. The number of hydrogen-bond donors (Lipinski definition) is 0. The summed E-state index contributed by atoms with van der Waals surface area (Å²) in [6, 6.07) is 10.2. The number of rotatable bonds is 6. The normalized spacial score (nSPS) is 10.5. The first kappa shape index (κ1) is 17.1. The highest BCUT2D eigenvalue weighted by atomic mass is 79.9. The molecule has 8 heteroatoms. The molecule has 0 spiro atoms. The minimum atomic E-state index is -0.582. The lowest BCUT2D eigenvalue weighted by Gasteiger charge is -2.07. The molecule has 0 saturated heterocycles. The second-order valence-electron chi connectivity index (χ2n) is 4.93. The summed E-state index contributed by atoms with van der Waals surface area (Å²) >= 11 is 3.13. The van der Waals surface area contributed by atoms with Crippen LogP contribution in [-0.4, -0.2) is 25.3 Å². The topological polar surface area (TPSA) is 83.9 Å². The minimum Gasteiger partial charge on any atom is -0.493 e. The van der Waals surface area contributed by atoms with Crippen molar-refractivity contribution >= 4 is 21.9 Å². The lowest BCUT2D eigenvalue weighted by atomic mass is 10.1. The van der Waals surface area contributed by atoms with Gasteiger partial charge in [-0.1, -0.05) is 5.16 Å². The van der Waals surface area contributed by atoms with E-state index in [1.807, 2.05) is 6.07 Å². The van der Waals surface area contributed by atoms with Gasteiger partial charge in [-0.3, -0.25) is 0 Å². The van der Waals surface area contributed by atoms with Crippen LogP contribution in [0.15, 0.2) is 50.0 Å². The molecule has 0 N–H and O–H groups in total. The predicted octanol–water partition coefficient (Wildman–Crippen LogP) is 4.07. The second kappa shape index (κ2) is 7.43. The van der Waals surface area contributed by atoms with Crippen molar-refractivity contribution < 1.29 is 27.9 Å². The highest BCUT2D eigenvalue weighted by Gasteiger charge is 2.15. The third-order valence-corrected chi connectivity index (χ3v) is 3.78. The summed E-state index contributed by atoms with van der Waals surface area (Å²) < 4.78 is 26.5. The molecule has 3 aromatic rings. The van der Waals surface area contributed by atoms with E-state index in [0.717, 1.165) is 5.56 Å². The van der Waals surface area contributed by atoms with Gasteiger partial charge >= 0.3 is 5.97 Å². The van der Waals surface area contributed by atoms with Crippen molar-refractivity contribution in [3.63, 3.8) is 0 Å². The van der Waals surface area contributed by atoms with Gasteiger partial charge < -0.3 is 23.2 Å². The predicted molar refractivity (Wildman–Crippen MR) is 90.6 cm³/mol. The molecule has 3 rings (SSSR count). The molecule has 0 aliphatic rings. The van der Waals surface area contributed by atoms with Crippen LogP contribution in [-0.2, 0) is 11.3 Å². The standard InChI is InChI=1S/C17H14BrNO6/c1-21-12-4-3-10(7-15(12)22-2)14-8-11(19-25-14)9-23-17(20)13-5-6-16(18)24-13/h3-8H,9H2,1-2H3. The zero-order chi connectivity index (χ0) is 17.8. The summed E-state index contributed by atoms with van der Waals surface area (Å²) in [5, 5.41) is 3.90. The number of ether oxygens (including phenoxy) is 3. The summed E-state index contributed by atoms with van der Waals surface area (Å²) in [5.74, 6) is 1.24. The number of benzene rings is 1. The van der Waals surface area contributed by atoms with Crippen LogP contribution in [0, 0.1) is 0 Å². The van der Waals surface area contributed by atoms with Crippen LogP contribution >= 0.6 is 15.9 Å². The van der Waals surface area contributed by atoms with Crippen LogP contribution in [0.1, 0.15) is 16.2 Å². The molecule has 130 valence electrons. The minimum absolute atomic E-state index is 0.0338. The van der Waals surface area contributed by atoms with Gasteiger partial charge in [0.15, 0.2) is 21.9 Å². The first-order valence-corrected chi connectivity index (χ1v) is 8.00. The zero-order valence-electron chi connectivity index (χ0n) is 13.4. The maximum absolute atomic E-state index is 11.8. The number of carbonyl (C=O) groups is 1. The van der Waals surface area contributed by atoms with Gasteiger partial charge in [0.25, 0.3) is 0 Å². The van der Waals surface area contributed by atoms with E-state index in [4.69, 9.17) is 23.2 Å². The van der Waals surface area contributed by atoms with Crippen LogP contribution in [0.25, 0.3) is 11.3 Å². The Bertz CT molecular complexity index is 885. The van der Waals surface area contributed by atoms with E-state index in [1.54, 1.807) is 38.5 Å². The third-order valence-electron chi connectivity index (χ3n) is 3.35. The highest BCUT2D eigenvalue weighted by Crippen LogP contribution is 2.32. The zero-order valence-corrected chi connectivity index (χ0v) is 15.0. The summed E-state index contributed by atoms with van der Waals surface area (Å²) in [4.78, 5) is 11.8. The Balaban J connectivity index is 1.69. The Hall–Kier alpha value is -2.74. The number of methoxy groups -OCH3 is 2. The fraction of sp³-hybridized carbons (Fsp3) is 0.176. The molecule has 25 heavy (non-hydrogen) atoms. The first-order chi connectivity index (χ1) is 12.1. The molecule has 7 nitrogen and oxygen atoms in total. The number of halogens is 1. The fourth-order valence-corrected chi connectivity index (χ4v) is 2.45. The largest absolute Gasteiger partial charge is 0.493 e. The molecule has 0 bridgehead atoms. The van der Waals surface area contributed by atoms with E-state index in [9.17, 15) is 4.79 Å². The molecule has 0 radical (unpaired) electrons. The third kappa shape index (κ3) is 3.85. The van der Waals surface area contributed by atoms with Gasteiger partial charge in [-0.05, 0) is 46.3 Å². The first-order valence-electron chi connectivity index (χ1n) is 7.21. The quantitative estimate of drug-likeness (QED) is 0.569. The van der Waals surface area contributed by atoms with E-state index >= 15 is 0 Å². The number of hydrogen-bond acceptors (Lipinski definition) is 7. The van der Waals surface area contributed by atoms with E-state index in [-0.39, 0.29) is 12.4 Å². The lowest BCUT2D eigenvalue weighted by Crippen LogP contribution is -2.03. The summed E-state index contributed by atoms with van der Waals surface area (Å²) in [6.07, 6.45) is 0. The van der Waals surface area contributed by atoms with E-state index in [2.05, 4.69) is 21.1 Å². The van der Waals surface area contributed by atoms with Crippen molar-refractivity contribution in [3.8, 4) is 22.8 Å². The van der Waals surface area contributed by atoms with Crippen molar-refractivity contribution in [3.05, 3.63) is 52.5 Å². The van der Waals surface area contributed by atoms with Crippen molar-refractivity contribution in [1.82, 2.24) is 5.16 Å². The van der Waals surface area contributed by atoms with Gasteiger partial charge in [-0.2, -0.15) is 0 Å². The SMILES string of the molecule is COc1ccc(-c2cc(COC(=O)c3ccc(Br)o3)no2)cc1OC. The second-order valence-corrected chi connectivity index (χ2v) is 5.71. The van der Waals surface area contributed by atoms with Gasteiger partial charge in [-0.25, -0.2) is 4.79 Å². The summed E-state index contributed by atoms with van der Waals surface area (Å²) in [6.45, 7) is -0.0338. The van der Waals surface area contributed by atoms with Crippen LogP contribution in [0.5, 0.6) is 11.5 Å². The number of carbonyl (C=O) groups excluding carboxylic acids is 1. The van der Waals surface area contributed by atoms with Crippen molar-refractivity contribution in [2.24, 2.45) is 0 Å².